The second-order valence-corrected chi connectivity index (χ2v) is 3.80. The third kappa shape index (κ3) is 3.47. The molecule has 0 unspecified atom stereocenters. The Bertz CT molecular complexity index is 619. The average Bonchev–Trinajstić information content (AvgIpc) is 2.92. The number of carbonyl (C=O) groups excluding carboxylic acids is 1. The van der Waals surface area contributed by atoms with Crippen LogP contribution < -0.4 is 5.43 Å². The molecule has 1 aromatic carbocycles. The second-order valence-electron chi connectivity index (χ2n) is 3.80. The largest absolute Gasteiger partial charge is 0.459 e. The number of hydrogen-bond donors (Lipinski definition) is 1. The maximum Gasteiger partial charge on any atom is 0.416 e. The number of amides is 1. The Balaban J connectivity index is 2.03. The van der Waals surface area contributed by atoms with Gasteiger partial charge < -0.3 is 4.42 Å². The molecular formula is C13H9F3N2O2. The first-order valence-electron chi connectivity index (χ1n) is 5.51. The molecule has 7 heteroatoms. The van der Waals surface area contributed by atoms with E-state index in [9.17, 15) is 18.0 Å². The van der Waals surface area contributed by atoms with Crippen molar-refractivity contribution in [1.29, 1.82) is 0 Å². The normalized spacial score (nSPS) is 11.8. The molecule has 4 nitrogen and oxygen atoms in total. The van der Waals surface area contributed by atoms with Crippen LogP contribution in [0.4, 0.5) is 13.2 Å². The smallest absolute Gasteiger partial charge is 0.416 e. The fourth-order valence-electron chi connectivity index (χ4n) is 1.42. The lowest BCUT2D eigenvalue weighted by Crippen LogP contribution is -2.16. The SMILES string of the molecule is O=C(N/N=C\c1cccc(C(F)(F)F)c1)c1ccco1. The van der Waals surface area contributed by atoms with E-state index in [0.717, 1.165) is 18.3 Å². The predicted octanol–water partition coefficient (Wildman–Crippen LogP) is 3.06. The zero-order valence-corrected chi connectivity index (χ0v) is 10.0. The van der Waals surface area contributed by atoms with Crippen molar-refractivity contribution in [2.75, 3.05) is 0 Å². The number of benzene rings is 1. The van der Waals surface area contributed by atoms with Gasteiger partial charge in [-0.2, -0.15) is 18.3 Å². The second kappa shape index (κ2) is 5.60. The molecule has 1 heterocycles. The monoisotopic (exact) mass is 282 g/mol. The highest BCUT2D eigenvalue weighted by Crippen LogP contribution is 2.29. The molecule has 1 N–H and O–H groups in total. The molecule has 0 spiro atoms. The van der Waals surface area contributed by atoms with Crippen LogP contribution in [0.1, 0.15) is 21.7 Å². The molecule has 0 aliphatic rings. The summed E-state index contributed by atoms with van der Waals surface area (Å²) in [6.07, 6.45) is -1.97. The minimum atomic E-state index is -4.42. The molecule has 1 amide bonds. The number of hydrazone groups is 1. The molecule has 2 aromatic rings. The summed E-state index contributed by atoms with van der Waals surface area (Å²) < 4.78 is 42.3. The fourth-order valence-corrected chi connectivity index (χ4v) is 1.42. The molecule has 0 radical (unpaired) electrons. The van der Waals surface area contributed by atoms with Crippen molar-refractivity contribution in [3.8, 4) is 0 Å². The quantitative estimate of drug-likeness (QED) is 0.694. The number of nitrogens with one attached hydrogen (secondary N) is 1. The van der Waals surface area contributed by atoms with Gasteiger partial charge in [0, 0.05) is 0 Å². The minimum Gasteiger partial charge on any atom is -0.459 e. The van der Waals surface area contributed by atoms with Gasteiger partial charge in [-0.25, -0.2) is 5.43 Å². The lowest BCUT2D eigenvalue weighted by atomic mass is 10.1. The van der Waals surface area contributed by atoms with Gasteiger partial charge in [-0.05, 0) is 29.8 Å². The molecule has 2 rings (SSSR count). The molecule has 0 aliphatic heterocycles. The van der Waals surface area contributed by atoms with Crippen molar-refractivity contribution in [3.63, 3.8) is 0 Å². The maximum atomic E-state index is 12.5. The van der Waals surface area contributed by atoms with Gasteiger partial charge in [-0.15, -0.1) is 0 Å². The third-order valence-electron chi connectivity index (χ3n) is 2.34. The minimum absolute atomic E-state index is 0.0613. The highest BCUT2D eigenvalue weighted by molar-refractivity contribution is 5.92. The summed E-state index contributed by atoms with van der Waals surface area (Å²) in [5.74, 6) is -0.524. The van der Waals surface area contributed by atoms with Gasteiger partial charge >= 0.3 is 12.1 Å². The zero-order chi connectivity index (χ0) is 14.6. The molecule has 0 fully saturated rings. The summed E-state index contributed by atoms with van der Waals surface area (Å²) in [7, 11) is 0. The maximum absolute atomic E-state index is 12.5. The number of hydrogen-bond acceptors (Lipinski definition) is 3. The molecule has 104 valence electrons. The fraction of sp³-hybridized carbons (Fsp3) is 0.0769. The molecule has 0 aliphatic carbocycles. The lowest BCUT2D eigenvalue weighted by Gasteiger charge is -2.06. The van der Waals surface area contributed by atoms with Gasteiger partial charge in [-0.1, -0.05) is 12.1 Å². The Labute approximate surface area is 111 Å². The van der Waals surface area contributed by atoms with Crippen LogP contribution in [0, 0.1) is 0 Å². The summed E-state index contributed by atoms with van der Waals surface area (Å²) in [6, 6.07) is 7.57. The first kappa shape index (κ1) is 13.9. The lowest BCUT2D eigenvalue weighted by molar-refractivity contribution is -0.137. The summed E-state index contributed by atoms with van der Waals surface area (Å²) in [6.45, 7) is 0. The predicted molar refractivity (Wildman–Crippen MR) is 65.2 cm³/mol. The summed E-state index contributed by atoms with van der Waals surface area (Å²) >= 11 is 0. The van der Waals surface area contributed by atoms with Gasteiger partial charge in [-0.3, -0.25) is 4.79 Å². The van der Waals surface area contributed by atoms with Crippen LogP contribution in [0.25, 0.3) is 0 Å². The van der Waals surface area contributed by atoms with Gasteiger partial charge in [0.2, 0.25) is 0 Å². The highest BCUT2D eigenvalue weighted by Gasteiger charge is 2.30. The Morgan fingerprint density at radius 1 is 1.25 bits per heavy atom. The molecule has 0 atom stereocenters. The van der Waals surface area contributed by atoms with E-state index >= 15 is 0 Å². The van der Waals surface area contributed by atoms with Crippen molar-refractivity contribution < 1.29 is 22.4 Å². The van der Waals surface area contributed by atoms with Crippen LogP contribution in [0.5, 0.6) is 0 Å². The van der Waals surface area contributed by atoms with Crippen LogP contribution >= 0.6 is 0 Å². The Morgan fingerprint density at radius 3 is 2.70 bits per heavy atom. The van der Waals surface area contributed by atoms with E-state index in [1.54, 1.807) is 0 Å². The Morgan fingerprint density at radius 2 is 2.05 bits per heavy atom. The number of furan rings is 1. The summed E-state index contributed by atoms with van der Waals surface area (Å²) in [5.41, 5.74) is 1.59. The number of rotatable bonds is 3. The van der Waals surface area contributed by atoms with Gasteiger partial charge in [0.1, 0.15) is 0 Å². The molecular weight excluding hydrogens is 273 g/mol. The van der Waals surface area contributed by atoms with E-state index in [1.165, 1.54) is 30.5 Å². The van der Waals surface area contributed by atoms with E-state index in [0.29, 0.717) is 0 Å². The van der Waals surface area contributed by atoms with Gasteiger partial charge in [0.15, 0.2) is 5.76 Å². The van der Waals surface area contributed by atoms with Crippen molar-refractivity contribution >= 4 is 12.1 Å². The topological polar surface area (TPSA) is 54.6 Å². The van der Waals surface area contributed by atoms with Gasteiger partial charge in [0.05, 0.1) is 18.0 Å². The molecule has 0 saturated heterocycles. The van der Waals surface area contributed by atoms with Crippen LogP contribution in [0.15, 0.2) is 52.2 Å². The Hall–Kier alpha value is -2.57. The van der Waals surface area contributed by atoms with Crippen LogP contribution in [-0.2, 0) is 6.18 Å². The van der Waals surface area contributed by atoms with Crippen molar-refractivity contribution in [3.05, 3.63) is 59.5 Å². The van der Waals surface area contributed by atoms with Gasteiger partial charge in [0.25, 0.3) is 0 Å². The number of nitrogens with zero attached hydrogens (tertiary/aromatic N) is 1. The summed E-state index contributed by atoms with van der Waals surface area (Å²) in [4.78, 5) is 11.4. The van der Waals surface area contributed by atoms with E-state index in [2.05, 4.69) is 10.5 Å². The van der Waals surface area contributed by atoms with Crippen molar-refractivity contribution in [2.45, 2.75) is 6.18 Å². The third-order valence-corrected chi connectivity index (χ3v) is 2.34. The standard InChI is InChI=1S/C13H9F3N2O2/c14-13(15,16)10-4-1-3-9(7-10)8-17-18-12(19)11-5-2-6-20-11/h1-8H,(H,18,19)/b17-8-. The van der Waals surface area contributed by atoms with Crippen molar-refractivity contribution in [2.24, 2.45) is 5.10 Å². The molecule has 0 saturated carbocycles. The van der Waals surface area contributed by atoms with Crippen LogP contribution in [-0.4, -0.2) is 12.1 Å². The number of alkyl halides is 3. The van der Waals surface area contributed by atoms with Crippen molar-refractivity contribution in [1.82, 2.24) is 5.43 Å². The first-order chi connectivity index (χ1) is 9.47. The van der Waals surface area contributed by atoms with E-state index in [-0.39, 0.29) is 11.3 Å². The first-order valence-corrected chi connectivity index (χ1v) is 5.51. The van der Waals surface area contributed by atoms with Crippen LogP contribution in [0.3, 0.4) is 0 Å². The van der Waals surface area contributed by atoms with E-state index in [4.69, 9.17) is 4.42 Å². The van der Waals surface area contributed by atoms with E-state index in [1.807, 2.05) is 0 Å². The molecule has 1 aromatic heterocycles. The molecule has 20 heavy (non-hydrogen) atoms. The highest BCUT2D eigenvalue weighted by atomic mass is 19.4. The number of carbonyl (C=O) groups is 1. The van der Waals surface area contributed by atoms with E-state index < -0.39 is 17.6 Å². The average molecular weight is 282 g/mol. The zero-order valence-electron chi connectivity index (χ0n) is 10.0. The summed E-state index contributed by atoms with van der Waals surface area (Å²) in [5, 5.41) is 3.57. The molecule has 0 bridgehead atoms. The Kier molecular flexibility index (Phi) is 3.88. The number of halogens is 3. The van der Waals surface area contributed by atoms with Crippen LogP contribution in [0.2, 0.25) is 0 Å².